The molecule has 1 heterocycles. The minimum atomic E-state index is 0.973. The third kappa shape index (κ3) is 1.24. The average Bonchev–Trinajstić information content (AvgIpc) is 2.58. The van der Waals surface area contributed by atoms with Crippen LogP contribution in [0.15, 0.2) is 30.6 Å². The molecule has 0 fully saturated rings. The number of aromatic amines is 1. The lowest BCUT2D eigenvalue weighted by Crippen LogP contribution is -1.87. The van der Waals surface area contributed by atoms with Crippen molar-refractivity contribution in [2.45, 2.75) is 12.8 Å². The summed E-state index contributed by atoms with van der Waals surface area (Å²) in [7, 11) is 0. The van der Waals surface area contributed by atoms with Crippen LogP contribution in [0.4, 0.5) is 0 Å². The fourth-order valence-corrected chi connectivity index (χ4v) is 1.21. The number of hydrogen-bond donors (Lipinski definition) is 1. The van der Waals surface area contributed by atoms with Crippen LogP contribution < -0.4 is 0 Å². The van der Waals surface area contributed by atoms with Gasteiger partial charge in [-0.15, -0.1) is 0 Å². The first-order chi connectivity index (χ1) is 5.47. The van der Waals surface area contributed by atoms with Gasteiger partial charge in [-0.05, 0) is 12.8 Å². The molecule has 0 bridgehead atoms. The second-order valence-corrected chi connectivity index (χ2v) is 2.58. The van der Waals surface area contributed by atoms with Gasteiger partial charge in [-0.3, -0.25) is 0 Å². The van der Waals surface area contributed by atoms with Crippen LogP contribution in [-0.4, -0.2) is 9.97 Å². The number of imidazole rings is 1. The van der Waals surface area contributed by atoms with Crippen molar-refractivity contribution >= 4 is 5.57 Å². The fourth-order valence-electron chi connectivity index (χ4n) is 1.21. The Labute approximate surface area is 65.7 Å². The van der Waals surface area contributed by atoms with Crippen LogP contribution in [0.3, 0.4) is 0 Å². The van der Waals surface area contributed by atoms with E-state index in [0.717, 1.165) is 18.7 Å². The third-order valence-electron chi connectivity index (χ3n) is 1.77. The Hall–Kier alpha value is -1.31. The third-order valence-corrected chi connectivity index (χ3v) is 1.77. The predicted octanol–water partition coefficient (Wildman–Crippen LogP) is 2.14. The fraction of sp³-hybridized carbons (Fsp3) is 0.222. The van der Waals surface area contributed by atoms with Gasteiger partial charge in [0, 0.05) is 18.0 Å². The van der Waals surface area contributed by atoms with Gasteiger partial charge in [-0.25, -0.2) is 4.98 Å². The lowest BCUT2D eigenvalue weighted by atomic mass is 10.1. The molecular weight excluding hydrogens is 136 g/mol. The molecule has 0 unspecified atom stereocenters. The molecule has 1 aromatic rings. The normalized spacial score (nSPS) is 16.5. The van der Waals surface area contributed by atoms with Crippen molar-refractivity contribution in [1.29, 1.82) is 0 Å². The molecule has 0 saturated heterocycles. The van der Waals surface area contributed by atoms with Gasteiger partial charge in [0.2, 0.25) is 0 Å². The Kier molecular flexibility index (Phi) is 1.60. The topological polar surface area (TPSA) is 28.7 Å². The van der Waals surface area contributed by atoms with E-state index >= 15 is 0 Å². The van der Waals surface area contributed by atoms with Crippen molar-refractivity contribution < 1.29 is 0 Å². The molecule has 0 aromatic carbocycles. The molecule has 0 spiro atoms. The second kappa shape index (κ2) is 2.74. The number of nitrogens with zero attached hydrogens (tertiary/aromatic N) is 1. The highest BCUT2D eigenvalue weighted by Gasteiger charge is 2.01. The highest BCUT2D eigenvalue weighted by atomic mass is 14.9. The highest BCUT2D eigenvalue weighted by Crippen LogP contribution is 2.16. The lowest BCUT2D eigenvalue weighted by molar-refractivity contribution is 1.03. The molecule has 0 aliphatic heterocycles. The molecule has 2 rings (SSSR count). The monoisotopic (exact) mass is 146 g/mol. The van der Waals surface area contributed by atoms with E-state index in [1.165, 1.54) is 5.57 Å². The van der Waals surface area contributed by atoms with Crippen LogP contribution in [0.25, 0.3) is 5.57 Å². The van der Waals surface area contributed by atoms with Gasteiger partial charge in [0.25, 0.3) is 0 Å². The van der Waals surface area contributed by atoms with E-state index in [2.05, 4.69) is 28.2 Å². The molecule has 0 atom stereocenters. The van der Waals surface area contributed by atoms with E-state index in [1.807, 2.05) is 6.20 Å². The summed E-state index contributed by atoms with van der Waals surface area (Å²) in [5, 5.41) is 0. The molecule has 56 valence electrons. The summed E-state index contributed by atoms with van der Waals surface area (Å²) >= 11 is 0. The van der Waals surface area contributed by atoms with Crippen molar-refractivity contribution in [2.24, 2.45) is 0 Å². The molecule has 0 saturated carbocycles. The van der Waals surface area contributed by atoms with Crippen LogP contribution in [-0.2, 0) is 0 Å². The molecule has 2 nitrogen and oxygen atoms in total. The number of allylic oxidation sites excluding steroid dienone is 4. The Bertz CT molecular complexity index is 281. The van der Waals surface area contributed by atoms with E-state index < -0.39 is 0 Å². The first-order valence-corrected chi connectivity index (χ1v) is 3.83. The number of H-pyrrole nitrogens is 1. The second-order valence-electron chi connectivity index (χ2n) is 2.58. The maximum absolute atomic E-state index is 4.16. The van der Waals surface area contributed by atoms with Gasteiger partial charge in [-0.1, -0.05) is 18.2 Å². The molecule has 2 heteroatoms. The van der Waals surface area contributed by atoms with Crippen LogP contribution in [0.1, 0.15) is 18.7 Å². The quantitative estimate of drug-likeness (QED) is 0.646. The SMILES string of the molecule is C1=CC(c2ncc[nH]2)=CCC1. The van der Waals surface area contributed by atoms with Gasteiger partial charge in [-0.2, -0.15) is 0 Å². The maximum Gasteiger partial charge on any atom is 0.136 e. The molecule has 1 aliphatic rings. The van der Waals surface area contributed by atoms with Crippen LogP contribution in [0.2, 0.25) is 0 Å². The van der Waals surface area contributed by atoms with Crippen molar-refractivity contribution in [3.8, 4) is 0 Å². The Morgan fingerprint density at radius 3 is 3.00 bits per heavy atom. The van der Waals surface area contributed by atoms with Crippen LogP contribution in [0, 0.1) is 0 Å². The minimum Gasteiger partial charge on any atom is -0.345 e. The minimum absolute atomic E-state index is 0.973. The maximum atomic E-state index is 4.16. The summed E-state index contributed by atoms with van der Waals surface area (Å²) in [5.74, 6) is 0.973. The van der Waals surface area contributed by atoms with Gasteiger partial charge in [0.1, 0.15) is 5.82 Å². The number of hydrogen-bond acceptors (Lipinski definition) is 1. The van der Waals surface area contributed by atoms with Crippen LogP contribution in [0.5, 0.6) is 0 Å². The van der Waals surface area contributed by atoms with E-state index in [4.69, 9.17) is 0 Å². The molecule has 1 aromatic heterocycles. The highest BCUT2D eigenvalue weighted by molar-refractivity contribution is 5.70. The summed E-state index contributed by atoms with van der Waals surface area (Å²) in [6, 6.07) is 0. The van der Waals surface area contributed by atoms with Crippen molar-refractivity contribution in [3.05, 3.63) is 36.4 Å². The van der Waals surface area contributed by atoms with Gasteiger partial charge in [0.05, 0.1) is 0 Å². The predicted molar refractivity (Wildman–Crippen MR) is 44.9 cm³/mol. The summed E-state index contributed by atoms with van der Waals surface area (Å²) in [4.78, 5) is 7.24. The van der Waals surface area contributed by atoms with Crippen LogP contribution >= 0.6 is 0 Å². The number of rotatable bonds is 1. The zero-order valence-electron chi connectivity index (χ0n) is 6.25. The Morgan fingerprint density at radius 1 is 1.36 bits per heavy atom. The van der Waals surface area contributed by atoms with Crippen molar-refractivity contribution in [3.63, 3.8) is 0 Å². The molecule has 0 radical (unpaired) electrons. The largest absolute Gasteiger partial charge is 0.345 e. The molecular formula is C9H10N2. The summed E-state index contributed by atoms with van der Waals surface area (Å²) in [6.07, 6.45) is 12.4. The van der Waals surface area contributed by atoms with Gasteiger partial charge in [0.15, 0.2) is 0 Å². The molecule has 11 heavy (non-hydrogen) atoms. The van der Waals surface area contributed by atoms with Crippen molar-refractivity contribution in [1.82, 2.24) is 9.97 Å². The standard InChI is InChI=1S/C9H10N2/c1-2-4-8(5-3-1)9-10-6-7-11-9/h2,4-7H,1,3H2,(H,10,11). The van der Waals surface area contributed by atoms with Gasteiger partial charge >= 0.3 is 0 Å². The summed E-state index contributed by atoms with van der Waals surface area (Å²) in [6.45, 7) is 0. The summed E-state index contributed by atoms with van der Waals surface area (Å²) < 4.78 is 0. The Balaban J connectivity index is 2.29. The van der Waals surface area contributed by atoms with Crippen molar-refractivity contribution in [2.75, 3.05) is 0 Å². The van der Waals surface area contributed by atoms with Gasteiger partial charge < -0.3 is 4.98 Å². The zero-order chi connectivity index (χ0) is 7.52. The number of aromatic nitrogens is 2. The average molecular weight is 146 g/mol. The summed E-state index contributed by atoms with van der Waals surface area (Å²) in [5.41, 5.74) is 1.21. The first-order valence-electron chi connectivity index (χ1n) is 3.83. The smallest absolute Gasteiger partial charge is 0.136 e. The van der Waals surface area contributed by atoms with E-state index in [0.29, 0.717) is 0 Å². The van der Waals surface area contributed by atoms with E-state index in [-0.39, 0.29) is 0 Å². The molecule has 1 N–H and O–H groups in total. The Morgan fingerprint density at radius 2 is 2.36 bits per heavy atom. The molecule has 1 aliphatic carbocycles. The van der Waals surface area contributed by atoms with E-state index in [1.54, 1.807) is 6.20 Å². The first kappa shape index (κ1) is 6.40. The van der Waals surface area contributed by atoms with E-state index in [9.17, 15) is 0 Å². The molecule has 0 amide bonds. The number of nitrogens with one attached hydrogen (secondary N) is 1. The zero-order valence-corrected chi connectivity index (χ0v) is 6.25. The lowest BCUT2D eigenvalue weighted by Gasteiger charge is -2.02.